The summed E-state index contributed by atoms with van der Waals surface area (Å²) in [5, 5.41) is 23.5. The zero-order chi connectivity index (χ0) is 18.6. The molecule has 2 aromatic carbocycles. The number of nitrogens with zero attached hydrogens (tertiary/aromatic N) is 3. The molecule has 1 aliphatic heterocycles. The van der Waals surface area contributed by atoms with Gasteiger partial charge in [-0.1, -0.05) is 12.1 Å². The summed E-state index contributed by atoms with van der Waals surface area (Å²) in [6, 6.07) is 15.9. The van der Waals surface area contributed by atoms with E-state index in [4.69, 9.17) is 14.7 Å². The van der Waals surface area contributed by atoms with Gasteiger partial charge in [-0.2, -0.15) is 10.4 Å². The number of aromatic hydroxyl groups is 1. The first kappa shape index (κ1) is 17.1. The van der Waals surface area contributed by atoms with Crippen LogP contribution in [0.5, 0.6) is 17.2 Å². The second kappa shape index (κ2) is 7.52. The average Bonchev–Trinajstić information content (AvgIpc) is 3.13. The lowest BCUT2D eigenvalue weighted by atomic mass is 10.1. The molecular weight excluding hydrogens is 342 g/mol. The Morgan fingerprint density at radius 3 is 2.74 bits per heavy atom. The number of rotatable bonds is 4. The molecule has 27 heavy (non-hydrogen) atoms. The Labute approximate surface area is 157 Å². The SMILES string of the molecule is N#Cc1ccc(Oc2cn(C3CCCCO3)nc2-c2cccc(O)c2)cc1. The molecule has 1 unspecified atom stereocenters. The molecule has 0 saturated carbocycles. The Morgan fingerprint density at radius 1 is 1.19 bits per heavy atom. The lowest BCUT2D eigenvalue weighted by Crippen LogP contribution is -2.18. The molecule has 0 aliphatic carbocycles. The Kier molecular flexibility index (Phi) is 4.77. The fraction of sp³-hybridized carbons (Fsp3) is 0.238. The van der Waals surface area contributed by atoms with Crippen LogP contribution in [0.25, 0.3) is 11.3 Å². The number of phenolic OH excluding ortho intramolecular Hbond substituents is 1. The van der Waals surface area contributed by atoms with Crippen molar-refractivity contribution < 1.29 is 14.6 Å². The Bertz CT molecular complexity index is 967. The molecule has 2 heterocycles. The minimum atomic E-state index is -0.117. The first-order valence-electron chi connectivity index (χ1n) is 8.91. The van der Waals surface area contributed by atoms with Crippen molar-refractivity contribution in [3.8, 4) is 34.6 Å². The van der Waals surface area contributed by atoms with Crippen LogP contribution in [0.4, 0.5) is 0 Å². The summed E-state index contributed by atoms with van der Waals surface area (Å²) in [7, 11) is 0. The molecule has 6 nitrogen and oxygen atoms in total. The topological polar surface area (TPSA) is 80.3 Å². The molecule has 1 fully saturated rings. The van der Waals surface area contributed by atoms with Gasteiger partial charge in [-0.05, 0) is 55.7 Å². The molecule has 1 atom stereocenters. The summed E-state index contributed by atoms with van der Waals surface area (Å²) >= 11 is 0. The molecule has 4 rings (SSSR count). The third-order valence-electron chi connectivity index (χ3n) is 4.48. The predicted molar refractivity (Wildman–Crippen MR) is 99.4 cm³/mol. The number of ether oxygens (including phenoxy) is 2. The maximum Gasteiger partial charge on any atom is 0.173 e. The van der Waals surface area contributed by atoms with Gasteiger partial charge < -0.3 is 14.6 Å². The van der Waals surface area contributed by atoms with E-state index in [1.807, 2.05) is 12.3 Å². The van der Waals surface area contributed by atoms with Gasteiger partial charge in [0.05, 0.1) is 17.8 Å². The first-order valence-corrected chi connectivity index (χ1v) is 8.91. The molecule has 1 N–H and O–H groups in total. The number of phenols is 1. The first-order chi connectivity index (χ1) is 13.2. The van der Waals surface area contributed by atoms with Crippen LogP contribution in [0.15, 0.2) is 54.7 Å². The second-order valence-electron chi connectivity index (χ2n) is 6.43. The van der Waals surface area contributed by atoms with E-state index in [1.54, 1.807) is 47.1 Å². The molecule has 0 bridgehead atoms. The van der Waals surface area contributed by atoms with Gasteiger partial charge in [0.2, 0.25) is 0 Å². The average molecular weight is 361 g/mol. The van der Waals surface area contributed by atoms with Crippen LogP contribution in [0.3, 0.4) is 0 Å². The van der Waals surface area contributed by atoms with Gasteiger partial charge in [-0.15, -0.1) is 0 Å². The summed E-state index contributed by atoms with van der Waals surface area (Å²) in [5.41, 5.74) is 1.96. The maximum atomic E-state index is 9.84. The maximum absolute atomic E-state index is 9.84. The van der Waals surface area contributed by atoms with Crippen molar-refractivity contribution in [2.24, 2.45) is 0 Å². The van der Waals surface area contributed by atoms with Crippen LogP contribution in [-0.2, 0) is 4.74 Å². The minimum Gasteiger partial charge on any atom is -0.508 e. The van der Waals surface area contributed by atoms with Gasteiger partial charge in [0, 0.05) is 12.2 Å². The van der Waals surface area contributed by atoms with Crippen LogP contribution in [0.2, 0.25) is 0 Å². The second-order valence-corrected chi connectivity index (χ2v) is 6.43. The monoisotopic (exact) mass is 361 g/mol. The fourth-order valence-corrected chi connectivity index (χ4v) is 3.11. The standard InChI is InChI=1S/C21H19N3O3/c22-13-15-7-9-18(10-8-15)27-19-14-24(20-6-1-2-11-26-20)23-21(19)16-4-3-5-17(25)12-16/h3-5,7-10,12,14,20,25H,1-2,6,11H2. The molecule has 3 aromatic rings. The summed E-state index contributed by atoms with van der Waals surface area (Å²) in [5.74, 6) is 1.35. The fourth-order valence-electron chi connectivity index (χ4n) is 3.11. The zero-order valence-corrected chi connectivity index (χ0v) is 14.7. The smallest absolute Gasteiger partial charge is 0.173 e. The molecule has 1 aliphatic rings. The summed E-state index contributed by atoms with van der Waals surface area (Å²) in [6.45, 7) is 0.720. The number of benzene rings is 2. The highest BCUT2D eigenvalue weighted by Gasteiger charge is 2.21. The molecule has 6 heteroatoms. The van der Waals surface area contributed by atoms with Crippen molar-refractivity contribution >= 4 is 0 Å². The van der Waals surface area contributed by atoms with Crippen LogP contribution in [0, 0.1) is 11.3 Å². The lowest BCUT2D eigenvalue weighted by Gasteiger charge is -2.22. The van der Waals surface area contributed by atoms with Crippen molar-refractivity contribution in [3.63, 3.8) is 0 Å². The number of aromatic nitrogens is 2. The van der Waals surface area contributed by atoms with Gasteiger partial charge in [0.15, 0.2) is 5.75 Å². The highest BCUT2D eigenvalue weighted by Crippen LogP contribution is 2.36. The van der Waals surface area contributed by atoms with E-state index in [-0.39, 0.29) is 12.0 Å². The van der Waals surface area contributed by atoms with Crippen molar-refractivity contribution in [2.75, 3.05) is 6.61 Å². The number of nitriles is 1. The van der Waals surface area contributed by atoms with Crippen LogP contribution in [0.1, 0.15) is 31.1 Å². The molecule has 0 spiro atoms. The van der Waals surface area contributed by atoms with Crippen LogP contribution >= 0.6 is 0 Å². The summed E-state index contributed by atoms with van der Waals surface area (Å²) in [6.07, 6.45) is 4.77. The normalized spacial score (nSPS) is 16.6. The van der Waals surface area contributed by atoms with Gasteiger partial charge in [-0.3, -0.25) is 0 Å². The Balaban J connectivity index is 1.70. The minimum absolute atomic E-state index is 0.117. The molecule has 1 aromatic heterocycles. The van der Waals surface area contributed by atoms with E-state index < -0.39 is 0 Å². The predicted octanol–water partition coefficient (Wildman–Crippen LogP) is 4.62. The van der Waals surface area contributed by atoms with E-state index in [2.05, 4.69) is 11.2 Å². The van der Waals surface area contributed by atoms with Crippen LogP contribution < -0.4 is 4.74 Å². The number of hydrogen-bond acceptors (Lipinski definition) is 5. The molecular formula is C21H19N3O3. The largest absolute Gasteiger partial charge is 0.508 e. The summed E-state index contributed by atoms with van der Waals surface area (Å²) < 4.78 is 13.7. The molecule has 1 saturated heterocycles. The molecule has 136 valence electrons. The van der Waals surface area contributed by atoms with E-state index in [0.717, 1.165) is 31.4 Å². The lowest BCUT2D eigenvalue weighted by molar-refractivity contribution is -0.0394. The van der Waals surface area contributed by atoms with Crippen molar-refractivity contribution in [1.82, 2.24) is 9.78 Å². The highest BCUT2D eigenvalue weighted by molar-refractivity contribution is 5.67. The van der Waals surface area contributed by atoms with E-state index >= 15 is 0 Å². The highest BCUT2D eigenvalue weighted by atomic mass is 16.5. The Hall–Kier alpha value is -3.30. The zero-order valence-electron chi connectivity index (χ0n) is 14.7. The van der Waals surface area contributed by atoms with E-state index in [0.29, 0.717) is 22.8 Å². The van der Waals surface area contributed by atoms with Gasteiger partial charge in [-0.25, -0.2) is 4.68 Å². The van der Waals surface area contributed by atoms with Gasteiger partial charge in [0.1, 0.15) is 23.4 Å². The van der Waals surface area contributed by atoms with Crippen molar-refractivity contribution in [2.45, 2.75) is 25.5 Å². The van der Waals surface area contributed by atoms with E-state index in [9.17, 15) is 5.11 Å². The number of hydrogen-bond donors (Lipinski definition) is 1. The van der Waals surface area contributed by atoms with Crippen molar-refractivity contribution in [1.29, 1.82) is 5.26 Å². The quantitative estimate of drug-likeness (QED) is 0.733. The van der Waals surface area contributed by atoms with Crippen LogP contribution in [-0.4, -0.2) is 21.5 Å². The van der Waals surface area contributed by atoms with E-state index in [1.165, 1.54) is 0 Å². The third kappa shape index (κ3) is 3.78. The summed E-state index contributed by atoms with van der Waals surface area (Å²) in [4.78, 5) is 0. The van der Waals surface area contributed by atoms with Crippen molar-refractivity contribution in [3.05, 3.63) is 60.3 Å². The molecule has 0 radical (unpaired) electrons. The molecule has 0 amide bonds. The third-order valence-corrected chi connectivity index (χ3v) is 4.48. The Morgan fingerprint density at radius 2 is 2.04 bits per heavy atom. The van der Waals surface area contributed by atoms with Gasteiger partial charge in [0.25, 0.3) is 0 Å². The van der Waals surface area contributed by atoms with Gasteiger partial charge >= 0.3 is 0 Å².